The maximum absolute atomic E-state index is 13.2. The first kappa shape index (κ1) is 56.4. The van der Waals surface area contributed by atoms with Gasteiger partial charge in [0.25, 0.3) is 5.91 Å². The molecule has 0 unspecified atom stereocenters. The van der Waals surface area contributed by atoms with Crippen LogP contribution in [0.1, 0.15) is 84.7 Å². The highest BCUT2D eigenvalue weighted by Gasteiger charge is 2.30. The average molecular weight is 998 g/mol. The molecule has 0 aromatic heterocycles. The normalized spacial score (nSPS) is 19.6. The molecular weight excluding hydrogens is 905 g/mol. The van der Waals surface area contributed by atoms with E-state index in [9.17, 15) is 4.79 Å². The molecule has 12 heteroatoms. The number of benzene rings is 4. The number of fused-ring (bicyclic) bond motifs is 1. The second-order valence-electron chi connectivity index (χ2n) is 21.5. The minimum Gasteiger partial charge on any atom is -0.381 e. The van der Waals surface area contributed by atoms with Crippen molar-refractivity contribution in [2.75, 3.05) is 137 Å². The number of aryl methyl sites for hydroxylation is 2. The number of nitrogens with one attached hydrogen (secondary N) is 7. The third kappa shape index (κ3) is 20.4. The van der Waals surface area contributed by atoms with E-state index in [1.807, 2.05) is 12.1 Å². The molecule has 0 spiro atoms. The molecule has 4 aromatic carbocycles. The summed E-state index contributed by atoms with van der Waals surface area (Å²) in [5.41, 5.74) is 12.0. The molecule has 0 atom stereocenters. The van der Waals surface area contributed by atoms with Crippen molar-refractivity contribution in [2.45, 2.75) is 90.4 Å². The van der Waals surface area contributed by atoms with E-state index < -0.39 is 0 Å². The minimum atomic E-state index is -0.000319. The van der Waals surface area contributed by atoms with Gasteiger partial charge >= 0.3 is 0 Å². The lowest BCUT2D eigenvalue weighted by Gasteiger charge is -2.40. The van der Waals surface area contributed by atoms with Crippen LogP contribution in [-0.2, 0) is 35.6 Å². The third-order valence-electron chi connectivity index (χ3n) is 15.1. The molecule has 3 saturated heterocycles. The number of amides is 1. The molecule has 12 nitrogen and oxygen atoms in total. The molecule has 4 aliphatic rings. The van der Waals surface area contributed by atoms with Crippen molar-refractivity contribution in [3.8, 4) is 11.1 Å². The summed E-state index contributed by atoms with van der Waals surface area (Å²) in [7, 11) is 4.62. The van der Waals surface area contributed by atoms with Gasteiger partial charge in [-0.15, -0.1) is 0 Å². The van der Waals surface area contributed by atoms with Gasteiger partial charge in [-0.25, -0.2) is 0 Å². The van der Waals surface area contributed by atoms with E-state index >= 15 is 0 Å². The molecule has 3 heterocycles. The highest BCUT2D eigenvalue weighted by Crippen LogP contribution is 2.30. The van der Waals surface area contributed by atoms with Gasteiger partial charge in [0, 0.05) is 95.1 Å². The SMILES string of the molecule is Cc1ccc(-c2ccc3c(c2)C=C(C(=O)Nc2ccc(C[N+](C)(C)C4CCOCC4)cc2)CCC3)cc1.c1cc(CN2CCCNCCNCCCNCC2)ccc1CN1CCCNCCNCCCNCC1. The van der Waals surface area contributed by atoms with Crippen LogP contribution in [-0.4, -0.2) is 158 Å². The fourth-order valence-corrected chi connectivity index (χ4v) is 10.6. The van der Waals surface area contributed by atoms with Crippen LogP contribution in [0.4, 0.5) is 5.69 Å². The van der Waals surface area contributed by atoms with Gasteiger partial charge in [0.15, 0.2) is 0 Å². The smallest absolute Gasteiger partial charge is 0.251 e. The lowest BCUT2D eigenvalue weighted by molar-refractivity contribution is -0.929. The topological polar surface area (TPSA) is 117 Å². The summed E-state index contributed by atoms with van der Waals surface area (Å²) >= 11 is 0. The number of rotatable bonds is 10. The summed E-state index contributed by atoms with van der Waals surface area (Å²) in [4.78, 5) is 18.5. The monoisotopic (exact) mass is 998 g/mol. The highest BCUT2D eigenvalue weighted by atomic mass is 16.5. The molecule has 3 aliphatic heterocycles. The minimum absolute atomic E-state index is 0.000319. The lowest BCUT2D eigenvalue weighted by atomic mass is 9.97. The molecule has 0 bridgehead atoms. The Morgan fingerprint density at radius 2 is 1.07 bits per heavy atom. The molecule has 1 aliphatic carbocycles. The van der Waals surface area contributed by atoms with Crippen molar-refractivity contribution in [1.82, 2.24) is 41.7 Å². The molecule has 3 fully saturated rings. The largest absolute Gasteiger partial charge is 0.381 e. The second-order valence-corrected chi connectivity index (χ2v) is 21.5. The number of nitrogens with zero attached hydrogens (tertiary/aromatic N) is 3. The van der Waals surface area contributed by atoms with Crippen molar-refractivity contribution < 1.29 is 14.0 Å². The van der Waals surface area contributed by atoms with Crippen LogP contribution < -0.4 is 37.2 Å². The summed E-state index contributed by atoms with van der Waals surface area (Å²) < 4.78 is 6.51. The first-order chi connectivity index (χ1) is 35.8. The molecule has 0 radical (unpaired) electrons. The maximum Gasteiger partial charge on any atom is 0.251 e. The Morgan fingerprint density at radius 1 is 0.562 bits per heavy atom. The van der Waals surface area contributed by atoms with Gasteiger partial charge < -0.3 is 46.4 Å². The summed E-state index contributed by atoms with van der Waals surface area (Å²) in [6.07, 6.45) is 11.9. The van der Waals surface area contributed by atoms with Crippen LogP contribution >= 0.6 is 0 Å². The zero-order valence-corrected chi connectivity index (χ0v) is 45.2. The Hall–Kier alpha value is -4.31. The Morgan fingerprint density at radius 3 is 1.63 bits per heavy atom. The van der Waals surface area contributed by atoms with Gasteiger partial charge in [-0.1, -0.05) is 78.4 Å². The predicted molar refractivity (Wildman–Crippen MR) is 305 cm³/mol. The number of hydrogen-bond donors (Lipinski definition) is 7. The van der Waals surface area contributed by atoms with Crippen LogP contribution in [0.2, 0.25) is 0 Å². The number of carbonyl (C=O) groups excluding carboxylic acids is 1. The van der Waals surface area contributed by atoms with E-state index in [1.54, 1.807) is 0 Å². The van der Waals surface area contributed by atoms with Gasteiger partial charge in [0.05, 0.1) is 33.4 Å². The standard InChI is InChI=1S/C33H38N2O2.C28H54N8/c1-24-7-11-27(12-8-24)28-14-13-26-5-4-6-29(22-30(26)21-28)33(36)34-31-15-9-25(10-16-31)23-35(2,3)32-17-19-37-20-18-32;1-9-29-15-17-31-13-3-21-35(23-19-33-11-1)25-27-5-7-28(8-6-27)26-36-22-4-14-32-18-16-30-10-2-12-34-20-24-36/h7-16,21-22,32H,4-6,17-20,23H2,1-3H3;5-8,29-34H,1-4,9-26H2/p+1. The number of carbonyl (C=O) groups is 1. The van der Waals surface area contributed by atoms with Gasteiger partial charge in [-0.2, -0.15) is 0 Å². The Bertz CT molecular complexity index is 2120. The summed E-state index contributed by atoms with van der Waals surface area (Å²) in [6, 6.07) is 33.7. The van der Waals surface area contributed by atoms with Crippen molar-refractivity contribution in [2.24, 2.45) is 0 Å². The van der Waals surface area contributed by atoms with Crippen molar-refractivity contribution in [1.29, 1.82) is 0 Å². The quantitative estimate of drug-likeness (QED) is 0.0825. The van der Waals surface area contributed by atoms with E-state index in [0.29, 0.717) is 6.04 Å². The first-order valence-corrected chi connectivity index (χ1v) is 28.3. The number of anilines is 1. The average Bonchev–Trinajstić information content (AvgIpc) is 3.63. The molecule has 4 aromatic rings. The van der Waals surface area contributed by atoms with E-state index in [2.05, 4.69) is 153 Å². The molecule has 73 heavy (non-hydrogen) atoms. The van der Waals surface area contributed by atoms with Crippen LogP contribution in [0.15, 0.2) is 96.6 Å². The molecule has 0 saturated carbocycles. The first-order valence-electron chi connectivity index (χ1n) is 28.3. The molecule has 7 N–H and O–H groups in total. The van der Waals surface area contributed by atoms with Crippen molar-refractivity contribution in [3.05, 3.63) is 130 Å². The molecule has 8 rings (SSSR count). The second kappa shape index (κ2) is 31.5. The van der Waals surface area contributed by atoms with Crippen molar-refractivity contribution in [3.63, 3.8) is 0 Å². The van der Waals surface area contributed by atoms with Crippen molar-refractivity contribution >= 4 is 17.7 Å². The molecule has 1 amide bonds. The Labute approximate surface area is 440 Å². The van der Waals surface area contributed by atoms with Gasteiger partial charge in [0.2, 0.25) is 0 Å². The van der Waals surface area contributed by atoms with Crippen LogP contribution in [0.5, 0.6) is 0 Å². The maximum atomic E-state index is 13.2. The van der Waals surface area contributed by atoms with Gasteiger partial charge in [-0.3, -0.25) is 14.6 Å². The van der Waals surface area contributed by atoms with Crippen LogP contribution in [0, 0.1) is 6.92 Å². The Balaban J connectivity index is 0.000000214. The van der Waals surface area contributed by atoms with Gasteiger partial charge in [0.1, 0.15) is 6.54 Å². The summed E-state index contributed by atoms with van der Waals surface area (Å²) in [6.45, 7) is 24.4. The van der Waals surface area contributed by atoms with Crippen LogP contribution in [0.3, 0.4) is 0 Å². The third-order valence-corrected chi connectivity index (χ3v) is 15.1. The fraction of sp³-hybridized carbons (Fsp3) is 0.557. The lowest BCUT2D eigenvalue weighted by Crippen LogP contribution is -2.50. The molecule has 398 valence electrons. The van der Waals surface area contributed by atoms with Crippen LogP contribution in [0.25, 0.3) is 17.2 Å². The number of ether oxygens (including phenoxy) is 1. The Kier molecular flexibility index (Phi) is 24.4. The van der Waals surface area contributed by atoms with Gasteiger partial charge in [-0.05, 0) is 162 Å². The van der Waals surface area contributed by atoms with E-state index in [-0.39, 0.29) is 5.91 Å². The zero-order chi connectivity index (χ0) is 50.8. The predicted octanol–water partition coefficient (Wildman–Crippen LogP) is 7.19. The number of quaternary nitrogens is 1. The van der Waals surface area contributed by atoms with E-state index in [1.165, 1.54) is 64.6 Å². The molecular formula is C61H93N10O2+. The highest BCUT2D eigenvalue weighted by molar-refractivity contribution is 6.07. The zero-order valence-electron chi connectivity index (χ0n) is 45.2. The van der Waals surface area contributed by atoms with E-state index in [4.69, 9.17) is 4.74 Å². The summed E-state index contributed by atoms with van der Waals surface area (Å²) in [5, 5.41) is 24.6. The van der Waals surface area contributed by atoms with E-state index in [0.717, 1.165) is 191 Å². The fourth-order valence-electron chi connectivity index (χ4n) is 10.6. The number of hydrogen-bond acceptors (Lipinski definition) is 10. The summed E-state index contributed by atoms with van der Waals surface area (Å²) in [5.74, 6) is -0.000319.